The van der Waals surface area contributed by atoms with Crippen LogP contribution >= 0.6 is 0 Å². The molecule has 2 aromatic rings. The Hall–Kier alpha value is -2.66. The van der Waals surface area contributed by atoms with Crippen molar-refractivity contribution < 1.29 is 14.9 Å². The molecule has 1 aliphatic carbocycles. The van der Waals surface area contributed by atoms with E-state index in [2.05, 4.69) is 53.2 Å². The average molecular weight is 421 g/mol. The molecule has 0 spiro atoms. The standard InChI is InChI=1S/C26H33N3O2/c1-2-18-9-13-23(14-10-18)29-25(30)20-11-7-19(8-12-20)16-28-26(31)24-15-21-5-3-4-6-22(21)17-27-24/h3-6,9-10,13-14,19-20,24,27H,2,7-8,11-12,15-17H2,1H3,(H,28,31)(H,29,30)/p+1/t19?,20?,24-/m0/s1. The first-order valence-corrected chi connectivity index (χ1v) is 11.7. The highest BCUT2D eigenvalue weighted by molar-refractivity contribution is 5.92. The van der Waals surface area contributed by atoms with E-state index in [0.29, 0.717) is 5.92 Å². The number of rotatable bonds is 6. The summed E-state index contributed by atoms with van der Waals surface area (Å²) in [5.41, 5.74) is 4.78. The number of quaternary nitrogens is 1. The topological polar surface area (TPSA) is 74.8 Å². The van der Waals surface area contributed by atoms with Crippen LogP contribution in [0.25, 0.3) is 0 Å². The Morgan fingerprint density at radius 2 is 1.65 bits per heavy atom. The molecule has 0 radical (unpaired) electrons. The zero-order chi connectivity index (χ0) is 21.6. The van der Waals surface area contributed by atoms with Crippen LogP contribution < -0.4 is 16.0 Å². The van der Waals surface area contributed by atoms with Gasteiger partial charge in [0.15, 0.2) is 6.04 Å². The number of benzene rings is 2. The predicted octanol–water partition coefficient (Wildman–Crippen LogP) is 2.80. The summed E-state index contributed by atoms with van der Waals surface area (Å²) >= 11 is 0. The Morgan fingerprint density at radius 1 is 0.935 bits per heavy atom. The lowest BCUT2D eigenvalue weighted by Gasteiger charge is -2.28. The van der Waals surface area contributed by atoms with Crippen molar-refractivity contribution in [2.75, 3.05) is 11.9 Å². The van der Waals surface area contributed by atoms with Gasteiger partial charge in [-0.15, -0.1) is 0 Å². The summed E-state index contributed by atoms with van der Waals surface area (Å²) in [4.78, 5) is 25.3. The molecule has 1 heterocycles. The molecular weight excluding hydrogens is 386 g/mol. The summed E-state index contributed by atoms with van der Waals surface area (Å²) in [6.45, 7) is 3.72. The van der Waals surface area contributed by atoms with Crippen molar-refractivity contribution in [3.8, 4) is 0 Å². The molecule has 4 rings (SSSR count). The van der Waals surface area contributed by atoms with E-state index in [1.165, 1.54) is 16.7 Å². The SMILES string of the molecule is CCc1ccc(NC(=O)C2CCC(CNC(=O)[C@@H]3Cc4ccccc4C[NH2+]3)CC2)cc1. The van der Waals surface area contributed by atoms with Crippen LogP contribution in [0.5, 0.6) is 0 Å². The highest BCUT2D eigenvalue weighted by Gasteiger charge is 2.30. The van der Waals surface area contributed by atoms with E-state index in [0.717, 1.165) is 57.3 Å². The highest BCUT2D eigenvalue weighted by atomic mass is 16.2. The van der Waals surface area contributed by atoms with Crippen molar-refractivity contribution in [1.82, 2.24) is 5.32 Å². The molecule has 1 fully saturated rings. The molecule has 2 aliphatic rings. The second-order valence-corrected chi connectivity index (χ2v) is 9.02. The van der Waals surface area contributed by atoms with Gasteiger partial charge in [0.1, 0.15) is 6.54 Å². The van der Waals surface area contributed by atoms with Gasteiger partial charge in [-0.3, -0.25) is 9.59 Å². The zero-order valence-corrected chi connectivity index (χ0v) is 18.4. The van der Waals surface area contributed by atoms with Gasteiger partial charge in [0.25, 0.3) is 5.91 Å². The van der Waals surface area contributed by atoms with Crippen molar-refractivity contribution >= 4 is 17.5 Å². The molecule has 0 aromatic heterocycles. The Morgan fingerprint density at radius 3 is 2.35 bits per heavy atom. The van der Waals surface area contributed by atoms with E-state index >= 15 is 0 Å². The van der Waals surface area contributed by atoms with E-state index in [4.69, 9.17) is 0 Å². The molecule has 1 atom stereocenters. The molecule has 164 valence electrons. The molecule has 0 unspecified atom stereocenters. The van der Waals surface area contributed by atoms with E-state index in [1.807, 2.05) is 18.2 Å². The van der Waals surface area contributed by atoms with Gasteiger partial charge in [-0.05, 0) is 61.3 Å². The second kappa shape index (κ2) is 10.1. The molecule has 4 N–H and O–H groups in total. The number of hydrogen-bond acceptors (Lipinski definition) is 2. The van der Waals surface area contributed by atoms with Crippen LogP contribution in [0.15, 0.2) is 48.5 Å². The third kappa shape index (κ3) is 5.53. The zero-order valence-electron chi connectivity index (χ0n) is 18.4. The van der Waals surface area contributed by atoms with E-state index in [-0.39, 0.29) is 23.8 Å². The first kappa shape index (κ1) is 21.6. The molecular formula is C26H34N3O2+. The van der Waals surface area contributed by atoms with E-state index in [9.17, 15) is 9.59 Å². The smallest absolute Gasteiger partial charge is 0.278 e. The number of aryl methyl sites for hydroxylation is 1. The summed E-state index contributed by atoms with van der Waals surface area (Å²) < 4.78 is 0. The molecule has 31 heavy (non-hydrogen) atoms. The van der Waals surface area contributed by atoms with Crippen molar-refractivity contribution in [3.63, 3.8) is 0 Å². The highest BCUT2D eigenvalue weighted by Crippen LogP contribution is 2.29. The number of anilines is 1. The maximum atomic E-state index is 12.7. The first-order valence-electron chi connectivity index (χ1n) is 11.7. The van der Waals surface area contributed by atoms with Crippen LogP contribution in [-0.4, -0.2) is 24.4 Å². The van der Waals surface area contributed by atoms with Crippen LogP contribution in [0.2, 0.25) is 0 Å². The quantitative estimate of drug-likeness (QED) is 0.672. The summed E-state index contributed by atoms with van der Waals surface area (Å²) in [6.07, 6.45) is 5.56. The van der Waals surface area contributed by atoms with Crippen LogP contribution in [-0.2, 0) is 29.0 Å². The fourth-order valence-corrected chi connectivity index (χ4v) is 4.82. The van der Waals surface area contributed by atoms with Crippen molar-refractivity contribution in [2.45, 2.75) is 58.0 Å². The maximum Gasteiger partial charge on any atom is 0.278 e. The third-order valence-corrected chi connectivity index (χ3v) is 6.93. The number of nitrogens with one attached hydrogen (secondary N) is 2. The van der Waals surface area contributed by atoms with Crippen LogP contribution in [0.3, 0.4) is 0 Å². The van der Waals surface area contributed by atoms with Crippen LogP contribution in [0, 0.1) is 11.8 Å². The Kier molecular flexibility index (Phi) is 7.03. The van der Waals surface area contributed by atoms with Crippen molar-refractivity contribution in [3.05, 3.63) is 65.2 Å². The Balaban J connectivity index is 1.19. The Labute approximate surface area is 185 Å². The van der Waals surface area contributed by atoms with Gasteiger partial charge in [0.2, 0.25) is 5.91 Å². The molecule has 0 saturated heterocycles. The maximum absolute atomic E-state index is 12.7. The van der Waals surface area contributed by atoms with Gasteiger partial charge in [-0.2, -0.15) is 0 Å². The lowest BCUT2D eigenvalue weighted by Crippen LogP contribution is -2.93. The second-order valence-electron chi connectivity index (χ2n) is 9.02. The van der Waals surface area contributed by atoms with Crippen LogP contribution in [0.4, 0.5) is 5.69 Å². The monoisotopic (exact) mass is 420 g/mol. The summed E-state index contributed by atoms with van der Waals surface area (Å²) in [6, 6.07) is 16.5. The predicted molar refractivity (Wildman–Crippen MR) is 122 cm³/mol. The minimum Gasteiger partial charge on any atom is -0.351 e. The summed E-state index contributed by atoms with van der Waals surface area (Å²) in [7, 11) is 0. The summed E-state index contributed by atoms with van der Waals surface area (Å²) in [5.74, 6) is 0.806. The average Bonchev–Trinajstić information content (AvgIpc) is 2.83. The number of hydrogen-bond donors (Lipinski definition) is 3. The minimum absolute atomic E-state index is 0.0314. The number of carbonyl (C=O) groups is 2. The van der Waals surface area contributed by atoms with Gasteiger partial charge in [-0.1, -0.05) is 43.3 Å². The largest absolute Gasteiger partial charge is 0.351 e. The van der Waals surface area contributed by atoms with Crippen LogP contribution in [0.1, 0.15) is 49.3 Å². The van der Waals surface area contributed by atoms with Crippen molar-refractivity contribution in [2.24, 2.45) is 11.8 Å². The lowest BCUT2D eigenvalue weighted by molar-refractivity contribution is -0.695. The number of nitrogens with two attached hydrogens (primary N) is 1. The Bertz CT molecular complexity index is 901. The van der Waals surface area contributed by atoms with Gasteiger partial charge in [0, 0.05) is 30.1 Å². The fraction of sp³-hybridized carbons (Fsp3) is 0.462. The normalized spacial score (nSPS) is 22.9. The van der Waals surface area contributed by atoms with E-state index in [1.54, 1.807) is 0 Å². The molecule has 5 heteroatoms. The molecule has 2 aromatic carbocycles. The van der Waals surface area contributed by atoms with Crippen molar-refractivity contribution in [1.29, 1.82) is 0 Å². The number of carbonyl (C=O) groups excluding carboxylic acids is 2. The number of amides is 2. The van der Waals surface area contributed by atoms with E-state index < -0.39 is 0 Å². The molecule has 1 aliphatic heterocycles. The first-order chi connectivity index (χ1) is 15.1. The van der Waals surface area contributed by atoms with Gasteiger partial charge >= 0.3 is 0 Å². The van der Waals surface area contributed by atoms with Gasteiger partial charge in [0.05, 0.1) is 0 Å². The molecule has 2 amide bonds. The van der Waals surface area contributed by atoms with Gasteiger partial charge < -0.3 is 16.0 Å². The summed E-state index contributed by atoms with van der Waals surface area (Å²) in [5, 5.41) is 8.39. The lowest BCUT2D eigenvalue weighted by atomic mass is 9.81. The molecule has 1 saturated carbocycles. The fourth-order valence-electron chi connectivity index (χ4n) is 4.82. The molecule has 5 nitrogen and oxygen atoms in total. The minimum atomic E-state index is -0.0314. The number of fused-ring (bicyclic) bond motifs is 1. The third-order valence-electron chi connectivity index (χ3n) is 6.93. The molecule has 0 bridgehead atoms. The van der Waals surface area contributed by atoms with Gasteiger partial charge in [-0.25, -0.2) is 0 Å².